The summed E-state index contributed by atoms with van der Waals surface area (Å²) in [5.74, 6) is 0.529. The van der Waals surface area contributed by atoms with Gasteiger partial charge in [-0.15, -0.1) is 0 Å². The lowest BCUT2D eigenvalue weighted by molar-refractivity contribution is -0.137. The first-order valence-corrected chi connectivity index (χ1v) is 5.69. The van der Waals surface area contributed by atoms with Crippen molar-refractivity contribution in [1.29, 1.82) is 0 Å². The zero-order valence-corrected chi connectivity index (χ0v) is 10.9. The summed E-state index contributed by atoms with van der Waals surface area (Å²) in [7, 11) is 3.16. The van der Waals surface area contributed by atoms with Crippen molar-refractivity contribution in [2.45, 2.75) is 25.8 Å². The van der Waals surface area contributed by atoms with Crippen molar-refractivity contribution in [3.05, 3.63) is 23.3 Å². The van der Waals surface area contributed by atoms with E-state index in [1.165, 1.54) is 0 Å². The molecule has 0 saturated carbocycles. The number of ether oxygens (including phenoxy) is 2. The fourth-order valence-corrected chi connectivity index (χ4v) is 1.77. The van der Waals surface area contributed by atoms with E-state index in [-0.39, 0.29) is 12.5 Å². The molecule has 0 bridgehead atoms. The molecule has 0 spiro atoms. The maximum Gasteiger partial charge on any atom is 0.303 e. The Morgan fingerprint density at radius 2 is 1.83 bits per heavy atom. The first-order chi connectivity index (χ1) is 8.49. The van der Waals surface area contributed by atoms with Crippen LogP contribution in [0.3, 0.4) is 0 Å². The van der Waals surface area contributed by atoms with Gasteiger partial charge in [0.1, 0.15) is 11.5 Å². The molecule has 1 aromatic rings. The highest BCUT2D eigenvalue weighted by Crippen LogP contribution is 2.32. The predicted molar refractivity (Wildman–Crippen MR) is 68.1 cm³/mol. The van der Waals surface area contributed by atoms with Gasteiger partial charge in [-0.2, -0.15) is 0 Å². The van der Waals surface area contributed by atoms with E-state index in [0.29, 0.717) is 17.9 Å². The molecule has 0 fully saturated rings. The minimum atomic E-state index is -0.850. The van der Waals surface area contributed by atoms with Gasteiger partial charge < -0.3 is 20.3 Å². The lowest BCUT2D eigenvalue weighted by atomic mass is 10.0. The Labute approximate surface area is 107 Å². The molecule has 0 radical (unpaired) electrons. The second kappa shape index (κ2) is 6.26. The van der Waals surface area contributed by atoms with Gasteiger partial charge in [-0.25, -0.2) is 0 Å². The van der Waals surface area contributed by atoms with Gasteiger partial charge in [-0.3, -0.25) is 4.79 Å². The normalized spacial score (nSPS) is 12.0. The van der Waals surface area contributed by atoms with E-state index in [1.54, 1.807) is 14.2 Å². The van der Waals surface area contributed by atoms with Gasteiger partial charge in [0.15, 0.2) is 0 Å². The van der Waals surface area contributed by atoms with Crippen LogP contribution in [0.2, 0.25) is 0 Å². The van der Waals surface area contributed by atoms with Gasteiger partial charge in [-0.05, 0) is 31.0 Å². The molecule has 0 amide bonds. The molecular weight excluding hydrogens is 234 g/mol. The number of rotatable bonds is 6. The lowest BCUT2D eigenvalue weighted by Gasteiger charge is -2.16. The van der Waals surface area contributed by atoms with E-state index < -0.39 is 5.97 Å². The number of nitrogens with two attached hydrogens (primary N) is 1. The second-order valence-corrected chi connectivity index (χ2v) is 4.09. The summed E-state index contributed by atoms with van der Waals surface area (Å²) in [5, 5.41) is 8.65. The summed E-state index contributed by atoms with van der Waals surface area (Å²) in [6.07, 6.45) is 0.421. The average Bonchev–Trinajstić information content (AvgIpc) is 2.36. The molecular formula is C13H19NO4. The number of benzene rings is 1. The summed E-state index contributed by atoms with van der Waals surface area (Å²) in [6.45, 7) is 1.89. The molecule has 1 unspecified atom stereocenters. The molecule has 0 aliphatic rings. The van der Waals surface area contributed by atoms with Gasteiger partial charge in [0.05, 0.1) is 14.2 Å². The Morgan fingerprint density at radius 3 is 2.22 bits per heavy atom. The van der Waals surface area contributed by atoms with E-state index in [0.717, 1.165) is 11.1 Å². The van der Waals surface area contributed by atoms with Gasteiger partial charge in [0.25, 0.3) is 0 Å². The van der Waals surface area contributed by atoms with Crippen molar-refractivity contribution in [3.63, 3.8) is 0 Å². The number of methoxy groups -OCH3 is 2. The van der Waals surface area contributed by atoms with Crippen LogP contribution in [0.5, 0.6) is 11.5 Å². The van der Waals surface area contributed by atoms with E-state index in [2.05, 4.69) is 0 Å². The molecule has 0 aliphatic carbocycles. The van der Waals surface area contributed by atoms with E-state index in [1.807, 2.05) is 19.1 Å². The van der Waals surface area contributed by atoms with Crippen LogP contribution >= 0.6 is 0 Å². The third kappa shape index (κ3) is 3.37. The maximum atomic E-state index is 10.5. The lowest BCUT2D eigenvalue weighted by Crippen LogP contribution is -2.13. The average molecular weight is 253 g/mol. The van der Waals surface area contributed by atoms with Crippen molar-refractivity contribution >= 4 is 5.97 Å². The highest BCUT2D eigenvalue weighted by Gasteiger charge is 2.14. The second-order valence-electron chi connectivity index (χ2n) is 4.09. The molecule has 5 heteroatoms. The number of hydrogen-bond donors (Lipinski definition) is 2. The first-order valence-electron chi connectivity index (χ1n) is 5.69. The van der Waals surface area contributed by atoms with Crippen LogP contribution in [0.1, 0.15) is 30.0 Å². The van der Waals surface area contributed by atoms with Gasteiger partial charge in [0.2, 0.25) is 0 Å². The minimum absolute atomic E-state index is 0.0413. The van der Waals surface area contributed by atoms with Crippen molar-refractivity contribution < 1.29 is 19.4 Å². The van der Waals surface area contributed by atoms with Crippen LogP contribution in [-0.4, -0.2) is 25.3 Å². The topological polar surface area (TPSA) is 81.8 Å². The monoisotopic (exact) mass is 253 g/mol. The molecule has 1 aromatic carbocycles. The first kappa shape index (κ1) is 14.3. The molecule has 1 rings (SSSR count). The Morgan fingerprint density at radius 1 is 1.33 bits per heavy atom. The maximum absolute atomic E-state index is 10.5. The van der Waals surface area contributed by atoms with Crippen LogP contribution < -0.4 is 15.2 Å². The van der Waals surface area contributed by atoms with Gasteiger partial charge in [0, 0.05) is 18.0 Å². The summed E-state index contributed by atoms with van der Waals surface area (Å²) >= 11 is 0. The van der Waals surface area contributed by atoms with Crippen LogP contribution in [-0.2, 0) is 4.79 Å². The van der Waals surface area contributed by atoms with Crippen molar-refractivity contribution in [2.75, 3.05) is 14.2 Å². The Balaban J connectivity index is 2.97. The zero-order valence-electron chi connectivity index (χ0n) is 10.9. The van der Waals surface area contributed by atoms with Gasteiger partial charge >= 0.3 is 5.97 Å². The fourth-order valence-electron chi connectivity index (χ4n) is 1.77. The molecule has 100 valence electrons. The summed E-state index contributed by atoms with van der Waals surface area (Å²) < 4.78 is 10.5. The summed E-state index contributed by atoms with van der Waals surface area (Å²) in [4.78, 5) is 10.5. The molecule has 3 N–H and O–H groups in total. The SMILES string of the molecule is COc1cc(C(N)CCC(=O)O)cc(OC)c1C. The number of carboxylic acids is 1. The van der Waals surface area contributed by atoms with E-state index >= 15 is 0 Å². The molecule has 0 heterocycles. The number of hydrogen-bond acceptors (Lipinski definition) is 4. The van der Waals surface area contributed by atoms with Crippen LogP contribution in [0.4, 0.5) is 0 Å². The summed E-state index contributed by atoms with van der Waals surface area (Å²) in [6, 6.07) is 3.30. The highest BCUT2D eigenvalue weighted by atomic mass is 16.5. The zero-order chi connectivity index (χ0) is 13.7. The quantitative estimate of drug-likeness (QED) is 0.808. The minimum Gasteiger partial charge on any atom is -0.496 e. The third-order valence-electron chi connectivity index (χ3n) is 2.87. The van der Waals surface area contributed by atoms with Crippen molar-refractivity contribution in [3.8, 4) is 11.5 Å². The molecule has 1 atom stereocenters. The third-order valence-corrected chi connectivity index (χ3v) is 2.87. The van der Waals surface area contributed by atoms with Crippen LogP contribution in [0, 0.1) is 6.92 Å². The molecule has 0 aliphatic heterocycles. The molecule has 18 heavy (non-hydrogen) atoms. The fraction of sp³-hybridized carbons (Fsp3) is 0.462. The molecule has 5 nitrogen and oxygen atoms in total. The highest BCUT2D eigenvalue weighted by molar-refractivity contribution is 5.66. The smallest absolute Gasteiger partial charge is 0.303 e. The van der Waals surface area contributed by atoms with Gasteiger partial charge in [-0.1, -0.05) is 0 Å². The van der Waals surface area contributed by atoms with E-state index in [4.69, 9.17) is 20.3 Å². The number of aliphatic carboxylic acids is 1. The predicted octanol–water partition coefficient (Wildman–Crippen LogP) is 1.88. The Bertz CT molecular complexity index is 406. The number of carbonyl (C=O) groups is 1. The van der Waals surface area contributed by atoms with Crippen molar-refractivity contribution in [2.24, 2.45) is 5.73 Å². The summed E-state index contributed by atoms with van der Waals surface area (Å²) in [5.41, 5.74) is 7.68. The van der Waals surface area contributed by atoms with E-state index in [9.17, 15) is 4.79 Å². The molecule has 0 saturated heterocycles. The Hall–Kier alpha value is -1.75. The number of carboxylic acid groups (broad SMARTS) is 1. The van der Waals surface area contributed by atoms with Crippen molar-refractivity contribution in [1.82, 2.24) is 0 Å². The Kier molecular flexibility index (Phi) is 4.97. The largest absolute Gasteiger partial charge is 0.496 e. The molecule has 0 aromatic heterocycles. The van der Waals surface area contributed by atoms with Crippen LogP contribution in [0.25, 0.3) is 0 Å². The standard InChI is InChI=1S/C13H19NO4/c1-8-11(17-2)6-9(7-12(8)18-3)10(14)4-5-13(15)16/h6-7,10H,4-5,14H2,1-3H3,(H,15,16). The van der Waals surface area contributed by atoms with Crippen LogP contribution in [0.15, 0.2) is 12.1 Å².